The first kappa shape index (κ1) is 19.3. The Morgan fingerprint density at radius 2 is 1.67 bits per heavy atom. The molecule has 0 aliphatic rings. The molecule has 0 saturated heterocycles. The van der Waals surface area contributed by atoms with Gasteiger partial charge in [-0.3, -0.25) is 9.78 Å². The molecular formula is C24H18N2O4. The third-order valence-corrected chi connectivity index (χ3v) is 4.66. The summed E-state index contributed by atoms with van der Waals surface area (Å²) in [4.78, 5) is 33.9. The highest BCUT2D eigenvalue weighted by atomic mass is 16.5. The standard InChI is InChI=1S/C24H18N2O4/c1-29-18-8-6-17(7-9-18)23(27)15-30-24(28)20-14-22(16-10-12-25-13-11-16)26-21-5-3-2-4-19(20)21/h2-14H,15H2,1H3. The minimum Gasteiger partial charge on any atom is -0.497 e. The lowest BCUT2D eigenvalue weighted by molar-refractivity contribution is 0.0476. The van der Waals surface area contributed by atoms with Gasteiger partial charge in [-0.2, -0.15) is 0 Å². The first-order valence-corrected chi connectivity index (χ1v) is 9.30. The average molecular weight is 398 g/mol. The lowest BCUT2D eigenvalue weighted by Crippen LogP contribution is -2.15. The first-order chi connectivity index (χ1) is 14.7. The van der Waals surface area contributed by atoms with Crippen molar-refractivity contribution >= 4 is 22.7 Å². The van der Waals surface area contributed by atoms with E-state index in [4.69, 9.17) is 9.47 Å². The minimum atomic E-state index is -0.578. The van der Waals surface area contributed by atoms with Gasteiger partial charge in [0, 0.05) is 28.9 Å². The Bertz CT molecular complexity index is 1210. The molecule has 0 unspecified atom stereocenters. The third kappa shape index (κ3) is 4.03. The molecule has 0 radical (unpaired) electrons. The fourth-order valence-corrected chi connectivity index (χ4v) is 3.08. The van der Waals surface area contributed by atoms with Crippen LogP contribution in [0.5, 0.6) is 5.75 Å². The molecule has 2 aromatic heterocycles. The minimum absolute atomic E-state index is 0.293. The van der Waals surface area contributed by atoms with Crippen LogP contribution in [0.4, 0.5) is 0 Å². The van der Waals surface area contributed by atoms with Crippen LogP contribution in [0.15, 0.2) is 79.1 Å². The van der Waals surface area contributed by atoms with E-state index >= 15 is 0 Å². The number of esters is 1. The van der Waals surface area contributed by atoms with Gasteiger partial charge < -0.3 is 9.47 Å². The van der Waals surface area contributed by atoms with Gasteiger partial charge in [0.05, 0.1) is 23.9 Å². The van der Waals surface area contributed by atoms with E-state index in [9.17, 15) is 9.59 Å². The Morgan fingerprint density at radius 3 is 2.40 bits per heavy atom. The molecule has 0 atom stereocenters. The monoisotopic (exact) mass is 398 g/mol. The molecule has 6 nitrogen and oxygen atoms in total. The second-order valence-corrected chi connectivity index (χ2v) is 6.54. The molecule has 4 rings (SSSR count). The number of carbonyl (C=O) groups is 2. The van der Waals surface area contributed by atoms with Gasteiger partial charge in [0.1, 0.15) is 5.75 Å². The summed E-state index contributed by atoms with van der Waals surface area (Å²) in [6.07, 6.45) is 3.33. The van der Waals surface area contributed by atoms with Gasteiger partial charge in [0.25, 0.3) is 0 Å². The van der Waals surface area contributed by atoms with Crippen LogP contribution >= 0.6 is 0 Å². The maximum atomic E-state index is 12.8. The molecule has 0 N–H and O–H groups in total. The molecule has 0 spiro atoms. The highest BCUT2D eigenvalue weighted by molar-refractivity contribution is 6.06. The number of aromatic nitrogens is 2. The number of benzene rings is 2. The number of Topliss-reactive ketones (excluding diaryl/α,β-unsaturated/α-hetero) is 1. The second kappa shape index (κ2) is 8.53. The summed E-state index contributed by atoms with van der Waals surface area (Å²) < 4.78 is 10.4. The number of ketones is 1. The summed E-state index contributed by atoms with van der Waals surface area (Å²) in [5, 5.41) is 0.664. The molecule has 0 saturated carbocycles. The van der Waals surface area contributed by atoms with Crippen LogP contribution in [-0.2, 0) is 4.74 Å². The highest BCUT2D eigenvalue weighted by Gasteiger charge is 2.17. The maximum absolute atomic E-state index is 12.8. The van der Waals surface area contributed by atoms with Gasteiger partial charge in [-0.15, -0.1) is 0 Å². The predicted molar refractivity (Wildman–Crippen MR) is 113 cm³/mol. The van der Waals surface area contributed by atoms with Crippen molar-refractivity contribution in [1.29, 1.82) is 0 Å². The summed E-state index contributed by atoms with van der Waals surface area (Å²) in [6, 6.07) is 19.3. The van der Waals surface area contributed by atoms with Gasteiger partial charge in [-0.25, -0.2) is 9.78 Å². The summed E-state index contributed by atoms with van der Waals surface area (Å²) in [5.41, 5.74) is 2.93. The van der Waals surface area contributed by atoms with Crippen molar-refractivity contribution in [1.82, 2.24) is 9.97 Å². The first-order valence-electron chi connectivity index (χ1n) is 9.30. The Labute approximate surface area is 173 Å². The zero-order valence-corrected chi connectivity index (χ0v) is 16.2. The third-order valence-electron chi connectivity index (χ3n) is 4.66. The quantitative estimate of drug-likeness (QED) is 0.355. The van der Waals surface area contributed by atoms with Crippen LogP contribution < -0.4 is 4.74 Å². The fourth-order valence-electron chi connectivity index (χ4n) is 3.08. The van der Waals surface area contributed by atoms with Gasteiger partial charge in [-0.1, -0.05) is 18.2 Å². The van der Waals surface area contributed by atoms with Crippen molar-refractivity contribution in [2.75, 3.05) is 13.7 Å². The van der Waals surface area contributed by atoms with Crippen molar-refractivity contribution < 1.29 is 19.1 Å². The maximum Gasteiger partial charge on any atom is 0.339 e. The van der Waals surface area contributed by atoms with Crippen molar-refractivity contribution in [3.05, 3.63) is 90.3 Å². The van der Waals surface area contributed by atoms with Crippen LogP contribution in [-0.4, -0.2) is 35.4 Å². The number of methoxy groups -OCH3 is 1. The molecular weight excluding hydrogens is 380 g/mol. The van der Waals surface area contributed by atoms with Crippen LogP contribution in [0.3, 0.4) is 0 Å². The lowest BCUT2D eigenvalue weighted by Gasteiger charge is -2.10. The average Bonchev–Trinajstić information content (AvgIpc) is 2.82. The lowest BCUT2D eigenvalue weighted by atomic mass is 10.0. The molecule has 4 aromatic rings. The Balaban J connectivity index is 1.59. The number of ether oxygens (including phenoxy) is 2. The van der Waals surface area contributed by atoms with E-state index in [0.29, 0.717) is 33.5 Å². The summed E-state index contributed by atoms with van der Waals surface area (Å²) in [7, 11) is 1.55. The predicted octanol–water partition coefficient (Wildman–Crippen LogP) is 4.35. The van der Waals surface area contributed by atoms with E-state index in [2.05, 4.69) is 9.97 Å². The highest BCUT2D eigenvalue weighted by Crippen LogP contribution is 2.25. The SMILES string of the molecule is COc1ccc(C(=O)COC(=O)c2cc(-c3ccncc3)nc3ccccc23)cc1. The Hall–Kier alpha value is -4.06. The number of pyridine rings is 2. The van der Waals surface area contributed by atoms with E-state index < -0.39 is 5.97 Å². The van der Waals surface area contributed by atoms with E-state index in [1.54, 1.807) is 55.9 Å². The zero-order valence-electron chi connectivity index (χ0n) is 16.2. The van der Waals surface area contributed by atoms with Crippen LogP contribution in [0.25, 0.3) is 22.2 Å². The fraction of sp³-hybridized carbons (Fsp3) is 0.0833. The molecule has 30 heavy (non-hydrogen) atoms. The molecule has 148 valence electrons. The summed E-state index contributed by atoms with van der Waals surface area (Å²) in [6.45, 7) is -0.355. The zero-order chi connectivity index (χ0) is 20.9. The van der Waals surface area contributed by atoms with Crippen molar-refractivity contribution in [2.24, 2.45) is 0 Å². The number of rotatable bonds is 6. The number of para-hydroxylation sites is 1. The van der Waals surface area contributed by atoms with Crippen molar-refractivity contribution in [3.8, 4) is 17.0 Å². The van der Waals surface area contributed by atoms with E-state index in [1.807, 2.05) is 30.3 Å². The number of nitrogens with zero attached hydrogens (tertiary/aromatic N) is 2. The largest absolute Gasteiger partial charge is 0.497 e. The second-order valence-electron chi connectivity index (χ2n) is 6.54. The normalized spacial score (nSPS) is 10.6. The van der Waals surface area contributed by atoms with Gasteiger partial charge in [-0.05, 0) is 48.5 Å². The van der Waals surface area contributed by atoms with E-state index in [0.717, 1.165) is 5.56 Å². The molecule has 0 aliphatic carbocycles. The Morgan fingerprint density at radius 1 is 0.933 bits per heavy atom. The smallest absolute Gasteiger partial charge is 0.339 e. The van der Waals surface area contributed by atoms with Crippen molar-refractivity contribution in [2.45, 2.75) is 0 Å². The van der Waals surface area contributed by atoms with Gasteiger partial charge >= 0.3 is 5.97 Å². The summed E-state index contributed by atoms with van der Waals surface area (Å²) in [5.74, 6) is -0.222. The number of hydrogen-bond acceptors (Lipinski definition) is 6. The molecule has 2 heterocycles. The molecule has 0 bridgehead atoms. The molecule has 6 heteroatoms. The van der Waals surface area contributed by atoms with E-state index in [-0.39, 0.29) is 12.4 Å². The molecule has 0 aliphatic heterocycles. The number of carbonyl (C=O) groups excluding carboxylic acids is 2. The van der Waals surface area contributed by atoms with Crippen LogP contribution in [0.1, 0.15) is 20.7 Å². The number of hydrogen-bond donors (Lipinski definition) is 0. The van der Waals surface area contributed by atoms with E-state index in [1.165, 1.54) is 0 Å². The van der Waals surface area contributed by atoms with Gasteiger partial charge in [0.2, 0.25) is 0 Å². The Kier molecular flexibility index (Phi) is 5.48. The van der Waals surface area contributed by atoms with Gasteiger partial charge in [0.15, 0.2) is 12.4 Å². The van der Waals surface area contributed by atoms with Crippen LogP contribution in [0, 0.1) is 0 Å². The summed E-state index contributed by atoms with van der Waals surface area (Å²) >= 11 is 0. The van der Waals surface area contributed by atoms with Crippen LogP contribution in [0.2, 0.25) is 0 Å². The molecule has 0 fully saturated rings. The molecule has 0 amide bonds. The number of fused-ring (bicyclic) bond motifs is 1. The van der Waals surface area contributed by atoms with Crippen molar-refractivity contribution in [3.63, 3.8) is 0 Å². The molecule has 2 aromatic carbocycles. The topological polar surface area (TPSA) is 78.4 Å².